The van der Waals surface area contributed by atoms with Crippen molar-refractivity contribution in [1.82, 2.24) is 5.32 Å². The maximum atomic E-state index is 12.5. The third kappa shape index (κ3) is 6.83. The smallest absolute Gasteiger partial charge is 0.251 e. The molecule has 4 rings (SSSR count). The molecule has 1 saturated heterocycles. The minimum absolute atomic E-state index is 0.0567. The highest BCUT2D eigenvalue weighted by Gasteiger charge is 2.17. The monoisotopic (exact) mass is 459 g/mol. The molecule has 3 N–H and O–H groups in total. The van der Waals surface area contributed by atoms with Crippen molar-refractivity contribution in [3.63, 3.8) is 0 Å². The lowest BCUT2D eigenvalue weighted by molar-refractivity contribution is -0.114. The predicted octanol–water partition coefficient (Wildman–Crippen LogP) is 4.23. The van der Waals surface area contributed by atoms with Gasteiger partial charge in [0.2, 0.25) is 5.91 Å². The van der Waals surface area contributed by atoms with Gasteiger partial charge in [0.1, 0.15) is 12.4 Å². The summed E-state index contributed by atoms with van der Waals surface area (Å²) in [6.07, 6.45) is 2.07. The molecule has 7 heteroatoms. The fraction of sp³-hybridized carbons (Fsp3) is 0.259. The molecule has 2 amide bonds. The molecule has 0 radical (unpaired) electrons. The van der Waals surface area contributed by atoms with Crippen molar-refractivity contribution in [2.24, 2.45) is 0 Å². The van der Waals surface area contributed by atoms with Crippen LogP contribution in [0.15, 0.2) is 78.9 Å². The first-order chi connectivity index (χ1) is 16.7. The van der Waals surface area contributed by atoms with Gasteiger partial charge in [-0.3, -0.25) is 9.59 Å². The number of rotatable bonds is 10. The van der Waals surface area contributed by atoms with Crippen LogP contribution in [0, 0.1) is 0 Å². The van der Waals surface area contributed by atoms with Gasteiger partial charge in [-0.05, 0) is 48.7 Å². The zero-order chi connectivity index (χ0) is 23.6. The van der Waals surface area contributed by atoms with Crippen LogP contribution in [0.5, 0.6) is 5.75 Å². The Morgan fingerprint density at radius 2 is 1.79 bits per heavy atom. The number of hydrogen-bond acceptors (Lipinski definition) is 5. The third-order valence-electron chi connectivity index (χ3n) is 5.49. The lowest BCUT2D eigenvalue weighted by Gasteiger charge is -2.14. The van der Waals surface area contributed by atoms with E-state index in [4.69, 9.17) is 9.47 Å². The van der Waals surface area contributed by atoms with Crippen molar-refractivity contribution < 1.29 is 19.1 Å². The molecule has 0 aliphatic carbocycles. The highest BCUT2D eigenvalue weighted by Crippen LogP contribution is 2.24. The number of para-hydroxylation sites is 2. The van der Waals surface area contributed by atoms with E-state index in [1.165, 1.54) is 0 Å². The number of nitrogens with one attached hydrogen (secondary N) is 3. The molecule has 176 valence electrons. The molecule has 1 heterocycles. The molecular weight excluding hydrogens is 430 g/mol. The van der Waals surface area contributed by atoms with Gasteiger partial charge in [-0.2, -0.15) is 0 Å². The van der Waals surface area contributed by atoms with Crippen LogP contribution in [0.3, 0.4) is 0 Å². The van der Waals surface area contributed by atoms with E-state index in [-0.39, 0.29) is 24.5 Å². The number of benzene rings is 3. The molecule has 3 aromatic rings. The largest absolute Gasteiger partial charge is 0.487 e. The first-order valence-corrected chi connectivity index (χ1v) is 11.5. The average molecular weight is 460 g/mol. The van der Waals surface area contributed by atoms with Crippen LogP contribution in [0.4, 0.5) is 11.4 Å². The molecule has 0 saturated carbocycles. The molecule has 0 aromatic heterocycles. The predicted molar refractivity (Wildman–Crippen MR) is 132 cm³/mol. The summed E-state index contributed by atoms with van der Waals surface area (Å²) in [7, 11) is 0. The first-order valence-electron chi connectivity index (χ1n) is 11.5. The Balaban J connectivity index is 1.28. The maximum Gasteiger partial charge on any atom is 0.251 e. The van der Waals surface area contributed by atoms with Gasteiger partial charge in [0.05, 0.1) is 18.3 Å². The van der Waals surface area contributed by atoms with E-state index in [1.54, 1.807) is 24.3 Å². The molecule has 1 unspecified atom stereocenters. The van der Waals surface area contributed by atoms with Crippen molar-refractivity contribution in [3.05, 3.63) is 90.0 Å². The Morgan fingerprint density at radius 1 is 0.971 bits per heavy atom. The fourth-order valence-corrected chi connectivity index (χ4v) is 3.71. The van der Waals surface area contributed by atoms with Crippen LogP contribution in [0.2, 0.25) is 0 Å². The van der Waals surface area contributed by atoms with E-state index >= 15 is 0 Å². The molecule has 1 aliphatic rings. The summed E-state index contributed by atoms with van der Waals surface area (Å²) in [6, 6.07) is 24.3. The Bertz CT molecular complexity index is 1100. The van der Waals surface area contributed by atoms with E-state index in [2.05, 4.69) is 16.0 Å². The second kappa shape index (κ2) is 11.9. The van der Waals surface area contributed by atoms with Crippen LogP contribution in [0.25, 0.3) is 0 Å². The number of carbonyl (C=O) groups is 2. The van der Waals surface area contributed by atoms with Gasteiger partial charge >= 0.3 is 0 Å². The number of amides is 2. The van der Waals surface area contributed by atoms with E-state index in [1.807, 2.05) is 54.6 Å². The zero-order valence-corrected chi connectivity index (χ0v) is 19.0. The second-order valence-electron chi connectivity index (χ2n) is 8.10. The molecule has 1 aliphatic heterocycles. The van der Waals surface area contributed by atoms with Gasteiger partial charge in [0.15, 0.2) is 0 Å². The number of anilines is 2. The van der Waals surface area contributed by atoms with Crippen molar-refractivity contribution in [2.75, 3.05) is 30.3 Å². The van der Waals surface area contributed by atoms with Crippen LogP contribution >= 0.6 is 0 Å². The number of hydrogen-bond donors (Lipinski definition) is 3. The van der Waals surface area contributed by atoms with Crippen molar-refractivity contribution >= 4 is 23.2 Å². The standard InChI is InChI=1S/C27H29N3O4/c31-26(18-28-24-13-4-5-14-25(24)34-19-20-8-2-1-3-9-20)30-22-11-6-10-21(16-22)27(32)29-17-23-12-7-15-33-23/h1-6,8-11,13-14,16,23,28H,7,12,15,17-19H2,(H,29,32)(H,30,31). The lowest BCUT2D eigenvalue weighted by Crippen LogP contribution is -2.31. The molecule has 0 spiro atoms. The highest BCUT2D eigenvalue weighted by atomic mass is 16.5. The van der Waals surface area contributed by atoms with E-state index in [9.17, 15) is 9.59 Å². The quantitative estimate of drug-likeness (QED) is 0.422. The van der Waals surface area contributed by atoms with Gasteiger partial charge in [0, 0.05) is 24.4 Å². The summed E-state index contributed by atoms with van der Waals surface area (Å²) in [4.78, 5) is 25.0. The summed E-state index contributed by atoms with van der Waals surface area (Å²) in [5, 5.41) is 8.86. The Morgan fingerprint density at radius 3 is 2.62 bits per heavy atom. The number of carbonyl (C=O) groups excluding carboxylic acids is 2. The van der Waals surface area contributed by atoms with Crippen LogP contribution < -0.4 is 20.7 Å². The Hall–Kier alpha value is -3.84. The van der Waals surface area contributed by atoms with Crippen molar-refractivity contribution in [2.45, 2.75) is 25.6 Å². The normalized spacial score (nSPS) is 14.9. The Labute approximate surface area is 199 Å². The van der Waals surface area contributed by atoms with Gasteiger partial charge < -0.3 is 25.4 Å². The van der Waals surface area contributed by atoms with Gasteiger partial charge in [-0.1, -0.05) is 48.5 Å². The van der Waals surface area contributed by atoms with Crippen LogP contribution in [-0.2, 0) is 16.1 Å². The minimum atomic E-state index is -0.227. The molecule has 7 nitrogen and oxygen atoms in total. The summed E-state index contributed by atoms with van der Waals surface area (Å²) in [5.41, 5.74) is 2.85. The third-order valence-corrected chi connectivity index (χ3v) is 5.49. The van der Waals surface area contributed by atoms with Crippen molar-refractivity contribution in [1.29, 1.82) is 0 Å². The summed E-state index contributed by atoms with van der Waals surface area (Å²) in [6.45, 7) is 1.74. The summed E-state index contributed by atoms with van der Waals surface area (Å²) in [5.74, 6) is 0.257. The zero-order valence-electron chi connectivity index (χ0n) is 19.0. The van der Waals surface area contributed by atoms with E-state index in [0.29, 0.717) is 30.2 Å². The van der Waals surface area contributed by atoms with Crippen LogP contribution in [-0.4, -0.2) is 37.6 Å². The first kappa shape index (κ1) is 23.3. The maximum absolute atomic E-state index is 12.5. The summed E-state index contributed by atoms with van der Waals surface area (Å²) < 4.78 is 11.5. The average Bonchev–Trinajstić information content (AvgIpc) is 3.40. The molecule has 34 heavy (non-hydrogen) atoms. The molecule has 1 fully saturated rings. The summed E-state index contributed by atoms with van der Waals surface area (Å²) >= 11 is 0. The fourth-order valence-electron chi connectivity index (χ4n) is 3.71. The van der Waals surface area contributed by atoms with E-state index < -0.39 is 0 Å². The molecule has 1 atom stereocenters. The van der Waals surface area contributed by atoms with Crippen LogP contribution in [0.1, 0.15) is 28.8 Å². The number of ether oxygens (including phenoxy) is 2. The molecular formula is C27H29N3O4. The van der Waals surface area contributed by atoms with Gasteiger partial charge in [0.25, 0.3) is 5.91 Å². The van der Waals surface area contributed by atoms with Crippen molar-refractivity contribution in [3.8, 4) is 5.75 Å². The van der Waals surface area contributed by atoms with E-state index in [0.717, 1.165) is 30.7 Å². The molecule has 3 aromatic carbocycles. The second-order valence-corrected chi connectivity index (χ2v) is 8.10. The highest BCUT2D eigenvalue weighted by molar-refractivity contribution is 5.98. The minimum Gasteiger partial charge on any atom is -0.487 e. The topological polar surface area (TPSA) is 88.7 Å². The van der Waals surface area contributed by atoms with Gasteiger partial charge in [-0.15, -0.1) is 0 Å². The lowest BCUT2D eigenvalue weighted by atomic mass is 10.1. The SMILES string of the molecule is O=C(CNc1ccccc1OCc1ccccc1)Nc1cccc(C(=O)NCC2CCCO2)c1. The Kier molecular flexibility index (Phi) is 8.13. The molecule has 0 bridgehead atoms. The van der Waals surface area contributed by atoms with Gasteiger partial charge in [-0.25, -0.2) is 0 Å².